The molecule has 2 N–H and O–H groups in total. The van der Waals surface area contributed by atoms with Gasteiger partial charge in [0, 0.05) is 56.1 Å². The van der Waals surface area contributed by atoms with Crippen LogP contribution >= 0.6 is 0 Å². The van der Waals surface area contributed by atoms with Gasteiger partial charge in [0.2, 0.25) is 5.91 Å². The fourth-order valence-electron chi connectivity index (χ4n) is 5.34. The number of nitrogens with two attached hydrogens (primary N) is 1. The molecular formula is C28H34N6O3. The molecule has 1 aromatic heterocycles. The molecule has 1 fully saturated rings. The first-order valence-corrected chi connectivity index (χ1v) is 12.8. The number of benzene rings is 2. The van der Waals surface area contributed by atoms with E-state index in [2.05, 4.69) is 42.0 Å². The summed E-state index contributed by atoms with van der Waals surface area (Å²) in [5.41, 5.74) is 11.9. The van der Waals surface area contributed by atoms with Crippen molar-refractivity contribution in [2.75, 3.05) is 55.4 Å². The van der Waals surface area contributed by atoms with Gasteiger partial charge in [-0.2, -0.15) is 5.10 Å². The summed E-state index contributed by atoms with van der Waals surface area (Å²) in [5.74, 6) is 1.02. The minimum atomic E-state index is -0.148. The number of piperazine rings is 1. The average molecular weight is 503 g/mol. The SMILES string of the molecule is COc1ccc(N2CCc3c(N)nn(CCC(=O)N4CCN(c5ccc(C)cc5C)CC4)c3C2=O)cc1. The third-order valence-electron chi connectivity index (χ3n) is 7.36. The topological polar surface area (TPSA) is 96.9 Å². The van der Waals surface area contributed by atoms with Crippen LogP contribution in [0.25, 0.3) is 0 Å². The summed E-state index contributed by atoms with van der Waals surface area (Å²) >= 11 is 0. The van der Waals surface area contributed by atoms with E-state index >= 15 is 0 Å². The lowest BCUT2D eigenvalue weighted by molar-refractivity contribution is -0.131. The molecule has 0 bridgehead atoms. The van der Waals surface area contributed by atoms with Gasteiger partial charge >= 0.3 is 0 Å². The molecule has 9 nitrogen and oxygen atoms in total. The highest BCUT2D eigenvalue weighted by molar-refractivity contribution is 6.07. The Morgan fingerprint density at radius 2 is 1.76 bits per heavy atom. The lowest BCUT2D eigenvalue weighted by atomic mass is 10.0. The first-order chi connectivity index (χ1) is 17.9. The van der Waals surface area contributed by atoms with E-state index < -0.39 is 0 Å². The van der Waals surface area contributed by atoms with Gasteiger partial charge in [0.1, 0.15) is 17.3 Å². The average Bonchev–Trinajstić information content (AvgIpc) is 3.24. The van der Waals surface area contributed by atoms with Crippen LogP contribution in [0.5, 0.6) is 5.75 Å². The smallest absolute Gasteiger partial charge is 0.276 e. The summed E-state index contributed by atoms with van der Waals surface area (Å²) in [6.45, 7) is 8.03. The Balaban J connectivity index is 1.23. The van der Waals surface area contributed by atoms with Gasteiger partial charge in [-0.15, -0.1) is 0 Å². The van der Waals surface area contributed by atoms with Gasteiger partial charge in [0.25, 0.3) is 5.91 Å². The molecule has 5 rings (SSSR count). The number of ether oxygens (including phenoxy) is 1. The Hall–Kier alpha value is -4.01. The summed E-state index contributed by atoms with van der Waals surface area (Å²) in [4.78, 5) is 32.5. The van der Waals surface area contributed by atoms with Crippen LogP contribution in [0.4, 0.5) is 17.2 Å². The van der Waals surface area contributed by atoms with Crippen LogP contribution in [0.1, 0.15) is 33.6 Å². The first-order valence-electron chi connectivity index (χ1n) is 12.8. The number of rotatable bonds is 6. The molecule has 9 heteroatoms. The maximum Gasteiger partial charge on any atom is 0.276 e. The van der Waals surface area contributed by atoms with Crippen molar-refractivity contribution >= 4 is 29.0 Å². The molecule has 2 aliphatic rings. The van der Waals surface area contributed by atoms with E-state index in [-0.39, 0.29) is 18.2 Å². The third-order valence-corrected chi connectivity index (χ3v) is 7.36. The molecule has 0 unspecified atom stereocenters. The zero-order valence-corrected chi connectivity index (χ0v) is 21.7. The minimum absolute atomic E-state index is 0.0679. The zero-order valence-electron chi connectivity index (χ0n) is 21.7. The lowest BCUT2D eigenvalue weighted by Crippen LogP contribution is -2.49. The fourth-order valence-corrected chi connectivity index (χ4v) is 5.34. The number of nitrogen functional groups attached to an aromatic ring is 1. The molecule has 0 saturated carbocycles. The Bertz CT molecular complexity index is 1310. The first kappa shape index (κ1) is 24.7. The number of amides is 2. The quantitative estimate of drug-likeness (QED) is 0.557. The number of carbonyl (C=O) groups is 2. The Morgan fingerprint density at radius 3 is 2.43 bits per heavy atom. The molecule has 0 atom stereocenters. The number of aromatic nitrogens is 2. The van der Waals surface area contributed by atoms with E-state index in [0.717, 1.165) is 30.1 Å². The molecule has 3 aromatic rings. The van der Waals surface area contributed by atoms with Crippen molar-refractivity contribution in [2.45, 2.75) is 33.2 Å². The number of aryl methyl sites for hydroxylation is 3. The van der Waals surface area contributed by atoms with E-state index in [1.165, 1.54) is 16.8 Å². The van der Waals surface area contributed by atoms with Crippen molar-refractivity contribution in [1.82, 2.24) is 14.7 Å². The summed E-state index contributed by atoms with van der Waals surface area (Å²) in [7, 11) is 1.61. The highest BCUT2D eigenvalue weighted by Crippen LogP contribution is 2.29. The van der Waals surface area contributed by atoms with Gasteiger partial charge in [-0.1, -0.05) is 17.7 Å². The van der Waals surface area contributed by atoms with Crippen molar-refractivity contribution < 1.29 is 14.3 Å². The molecule has 3 heterocycles. The van der Waals surface area contributed by atoms with Gasteiger partial charge < -0.3 is 25.2 Å². The second-order valence-electron chi connectivity index (χ2n) is 9.75. The largest absolute Gasteiger partial charge is 0.497 e. The monoisotopic (exact) mass is 502 g/mol. The Labute approximate surface area is 217 Å². The zero-order chi connectivity index (χ0) is 26.1. The highest BCUT2D eigenvalue weighted by Gasteiger charge is 2.32. The number of hydrogen-bond donors (Lipinski definition) is 1. The summed E-state index contributed by atoms with van der Waals surface area (Å²) < 4.78 is 6.85. The predicted molar refractivity (Wildman–Crippen MR) is 144 cm³/mol. The summed E-state index contributed by atoms with van der Waals surface area (Å²) in [6, 6.07) is 13.9. The molecule has 0 spiro atoms. The van der Waals surface area contributed by atoms with Gasteiger partial charge in [-0.05, 0) is 56.2 Å². The van der Waals surface area contributed by atoms with Gasteiger partial charge in [-0.25, -0.2) is 0 Å². The fraction of sp³-hybridized carbons (Fsp3) is 0.393. The lowest BCUT2D eigenvalue weighted by Gasteiger charge is -2.37. The van der Waals surface area contributed by atoms with Crippen molar-refractivity contribution in [3.05, 3.63) is 64.8 Å². The van der Waals surface area contributed by atoms with Crippen LogP contribution in [0, 0.1) is 13.8 Å². The van der Waals surface area contributed by atoms with E-state index in [1.807, 2.05) is 29.2 Å². The minimum Gasteiger partial charge on any atom is -0.497 e. The van der Waals surface area contributed by atoms with Crippen LogP contribution in [0.3, 0.4) is 0 Å². The molecule has 2 aromatic carbocycles. The number of carbonyl (C=O) groups excluding carboxylic acids is 2. The van der Waals surface area contributed by atoms with Gasteiger partial charge in [-0.3, -0.25) is 14.3 Å². The van der Waals surface area contributed by atoms with Gasteiger partial charge in [0.15, 0.2) is 0 Å². The van der Waals surface area contributed by atoms with Crippen LogP contribution in [-0.2, 0) is 17.8 Å². The van der Waals surface area contributed by atoms with Crippen molar-refractivity contribution in [3.63, 3.8) is 0 Å². The molecule has 194 valence electrons. The van der Waals surface area contributed by atoms with Crippen molar-refractivity contribution in [2.24, 2.45) is 0 Å². The van der Waals surface area contributed by atoms with E-state index in [0.29, 0.717) is 44.1 Å². The van der Waals surface area contributed by atoms with Crippen LogP contribution in [0.15, 0.2) is 42.5 Å². The summed E-state index contributed by atoms with van der Waals surface area (Å²) in [6.07, 6.45) is 0.889. The standard InChI is InChI=1S/C28H34N6O3/c1-19-4-9-24(20(2)18-19)31-14-16-32(17-15-31)25(35)11-13-34-26-23(27(29)30-34)10-12-33(28(26)36)21-5-7-22(37-3)8-6-21/h4-9,18H,10-17H2,1-3H3,(H2,29,30). The molecule has 2 amide bonds. The third kappa shape index (κ3) is 4.85. The molecule has 2 aliphatic heterocycles. The van der Waals surface area contributed by atoms with Crippen molar-refractivity contribution in [1.29, 1.82) is 0 Å². The normalized spacial score (nSPS) is 15.6. The number of nitrogens with zero attached hydrogens (tertiary/aromatic N) is 5. The Kier molecular flexibility index (Phi) is 6.78. The Morgan fingerprint density at radius 1 is 1.03 bits per heavy atom. The molecule has 37 heavy (non-hydrogen) atoms. The number of hydrogen-bond acceptors (Lipinski definition) is 6. The second kappa shape index (κ2) is 10.2. The molecule has 0 radical (unpaired) electrons. The van der Waals surface area contributed by atoms with E-state index in [9.17, 15) is 9.59 Å². The van der Waals surface area contributed by atoms with Crippen LogP contribution < -0.4 is 20.3 Å². The number of methoxy groups -OCH3 is 1. The number of anilines is 3. The predicted octanol–water partition coefficient (Wildman–Crippen LogP) is 3.03. The molecule has 1 saturated heterocycles. The van der Waals surface area contributed by atoms with Crippen LogP contribution in [0.2, 0.25) is 0 Å². The maximum atomic E-state index is 13.4. The molecule has 0 aliphatic carbocycles. The van der Waals surface area contributed by atoms with Gasteiger partial charge in [0.05, 0.1) is 13.7 Å². The van der Waals surface area contributed by atoms with Crippen LogP contribution in [-0.4, -0.2) is 66.3 Å². The highest BCUT2D eigenvalue weighted by atomic mass is 16.5. The second-order valence-corrected chi connectivity index (χ2v) is 9.75. The maximum absolute atomic E-state index is 13.4. The summed E-state index contributed by atoms with van der Waals surface area (Å²) in [5, 5.41) is 4.43. The number of fused-ring (bicyclic) bond motifs is 1. The molecular weight excluding hydrogens is 468 g/mol. The van der Waals surface area contributed by atoms with E-state index in [4.69, 9.17) is 10.5 Å². The van der Waals surface area contributed by atoms with E-state index in [1.54, 1.807) is 16.7 Å². The van der Waals surface area contributed by atoms with Crippen molar-refractivity contribution in [3.8, 4) is 5.75 Å².